The molecule has 138 valence electrons. The van der Waals surface area contributed by atoms with Crippen LogP contribution >= 0.6 is 39.9 Å². The number of methoxy groups -OCH3 is 1. The lowest BCUT2D eigenvalue weighted by Crippen LogP contribution is -2.45. The number of hydrogen-bond acceptors (Lipinski definition) is 5. The summed E-state index contributed by atoms with van der Waals surface area (Å²) in [6.07, 6.45) is 1.73. The van der Waals surface area contributed by atoms with Crippen molar-refractivity contribution >= 4 is 62.1 Å². The van der Waals surface area contributed by atoms with Crippen molar-refractivity contribution in [3.8, 4) is 5.75 Å². The number of ether oxygens (including phenoxy) is 1. The van der Waals surface area contributed by atoms with Gasteiger partial charge in [0.2, 0.25) is 0 Å². The summed E-state index contributed by atoms with van der Waals surface area (Å²) in [5, 5.41) is 1.11. The number of hydrazine groups is 1. The maximum Gasteiger partial charge on any atom is 0.285 e. The quantitative estimate of drug-likeness (QED) is 0.541. The predicted octanol–water partition coefficient (Wildman–Crippen LogP) is 4.31. The summed E-state index contributed by atoms with van der Waals surface area (Å²) >= 11 is 9.82. The normalized spacial score (nSPS) is 15.4. The maximum atomic E-state index is 12.7. The van der Waals surface area contributed by atoms with E-state index in [0.717, 1.165) is 32.4 Å². The van der Waals surface area contributed by atoms with Crippen molar-refractivity contribution in [3.63, 3.8) is 0 Å². The molecular formula is C19H15BrN2O3S2. The summed E-state index contributed by atoms with van der Waals surface area (Å²) in [5.41, 5.74) is 4.72. The molecular weight excluding hydrogens is 448 g/mol. The smallest absolute Gasteiger partial charge is 0.285 e. The van der Waals surface area contributed by atoms with Crippen molar-refractivity contribution in [2.24, 2.45) is 0 Å². The topological polar surface area (TPSA) is 58.6 Å². The number of aryl methyl sites for hydroxylation is 1. The number of thiocarbonyl (C=S) groups is 1. The van der Waals surface area contributed by atoms with Gasteiger partial charge in [0, 0.05) is 5.56 Å². The zero-order valence-corrected chi connectivity index (χ0v) is 17.7. The molecule has 27 heavy (non-hydrogen) atoms. The molecule has 0 saturated carbocycles. The monoisotopic (exact) mass is 462 g/mol. The first-order valence-corrected chi connectivity index (χ1v) is 9.90. The van der Waals surface area contributed by atoms with Gasteiger partial charge in [-0.05, 0) is 70.5 Å². The van der Waals surface area contributed by atoms with Crippen LogP contribution in [-0.2, 0) is 4.79 Å². The third-order valence-corrected chi connectivity index (χ3v) is 5.79. The number of carbonyl (C=O) groups excluding carboxylic acids is 2. The Morgan fingerprint density at radius 1 is 1.30 bits per heavy atom. The molecule has 1 fully saturated rings. The minimum atomic E-state index is -0.377. The zero-order chi connectivity index (χ0) is 19.6. The van der Waals surface area contributed by atoms with E-state index in [4.69, 9.17) is 17.0 Å². The van der Waals surface area contributed by atoms with Crippen molar-refractivity contribution in [2.75, 3.05) is 7.11 Å². The van der Waals surface area contributed by atoms with E-state index in [1.54, 1.807) is 31.4 Å². The van der Waals surface area contributed by atoms with Crippen LogP contribution in [0.2, 0.25) is 0 Å². The molecule has 8 heteroatoms. The summed E-state index contributed by atoms with van der Waals surface area (Å²) in [7, 11) is 1.59. The Hall–Kier alpha value is -2.16. The Morgan fingerprint density at radius 3 is 2.70 bits per heavy atom. The molecule has 2 amide bonds. The molecule has 5 nitrogen and oxygen atoms in total. The van der Waals surface area contributed by atoms with Gasteiger partial charge in [-0.3, -0.25) is 15.0 Å². The lowest BCUT2D eigenvalue weighted by Gasteiger charge is -2.16. The average molecular weight is 463 g/mol. The number of rotatable bonds is 4. The molecule has 1 N–H and O–H groups in total. The fourth-order valence-corrected chi connectivity index (χ4v) is 4.22. The van der Waals surface area contributed by atoms with Crippen molar-refractivity contribution in [2.45, 2.75) is 6.92 Å². The molecule has 1 aliphatic rings. The van der Waals surface area contributed by atoms with E-state index in [2.05, 4.69) is 21.4 Å². The third-order valence-electron chi connectivity index (χ3n) is 3.87. The van der Waals surface area contributed by atoms with Crippen LogP contribution in [0.15, 0.2) is 51.8 Å². The fraction of sp³-hybridized carbons (Fsp3) is 0.105. The highest BCUT2D eigenvalue weighted by Crippen LogP contribution is 2.33. The number of benzene rings is 2. The second-order valence-electron chi connectivity index (χ2n) is 5.67. The van der Waals surface area contributed by atoms with Gasteiger partial charge in [-0.15, -0.1) is 0 Å². The number of nitrogens with zero attached hydrogens (tertiary/aromatic N) is 1. The third kappa shape index (κ3) is 4.23. The Labute approximate surface area is 174 Å². The molecule has 0 aromatic heterocycles. The molecule has 0 bridgehead atoms. The van der Waals surface area contributed by atoms with Gasteiger partial charge in [0.05, 0.1) is 16.5 Å². The van der Waals surface area contributed by atoms with E-state index in [0.29, 0.717) is 16.2 Å². The van der Waals surface area contributed by atoms with Crippen LogP contribution in [0.5, 0.6) is 5.75 Å². The van der Waals surface area contributed by atoms with Gasteiger partial charge in [0.1, 0.15) is 5.75 Å². The molecule has 2 aromatic carbocycles. The summed E-state index contributed by atoms with van der Waals surface area (Å²) in [5.74, 6) is -0.0399. The molecule has 0 spiro atoms. The zero-order valence-electron chi connectivity index (χ0n) is 14.5. The molecule has 1 heterocycles. The highest BCUT2D eigenvalue weighted by atomic mass is 79.9. The lowest BCUT2D eigenvalue weighted by molar-refractivity contribution is -0.123. The van der Waals surface area contributed by atoms with Crippen LogP contribution in [0.25, 0.3) is 6.08 Å². The SMILES string of the molecule is COc1ccc(/C=C2/SC(=S)N(NC(=O)c3ccccc3C)C2=O)cc1Br. The first-order chi connectivity index (χ1) is 12.9. The van der Waals surface area contributed by atoms with Crippen LogP contribution in [0.4, 0.5) is 0 Å². The molecule has 0 unspecified atom stereocenters. The van der Waals surface area contributed by atoms with Gasteiger partial charge in [-0.25, -0.2) is 0 Å². The van der Waals surface area contributed by atoms with Gasteiger partial charge in [0.15, 0.2) is 4.32 Å². The fourth-order valence-electron chi connectivity index (χ4n) is 2.48. The molecule has 1 saturated heterocycles. The highest BCUT2D eigenvalue weighted by Gasteiger charge is 2.34. The summed E-state index contributed by atoms with van der Waals surface area (Å²) in [6, 6.07) is 12.6. The molecule has 0 atom stereocenters. The lowest BCUT2D eigenvalue weighted by atomic mass is 10.1. The first kappa shape index (κ1) is 19.6. The predicted molar refractivity (Wildman–Crippen MR) is 114 cm³/mol. The Balaban J connectivity index is 1.80. The number of nitrogens with one attached hydrogen (secondary N) is 1. The maximum absolute atomic E-state index is 12.7. The number of hydrogen-bond donors (Lipinski definition) is 1. The van der Waals surface area contributed by atoms with Crippen molar-refractivity contribution in [3.05, 3.63) is 68.5 Å². The van der Waals surface area contributed by atoms with Crippen molar-refractivity contribution in [1.29, 1.82) is 0 Å². The molecule has 0 radical (unpaired) electrons. The Bertz CT molecular complexity index is 975. The summed E-state index contributed by atoms with van der Waals surface area (Å²) in [4.78, 5) is 25.6. The minimum Gasteiger partial charge on any atom is -0.496 e. The van der Waals surface area contributed by atoms with E-state index < -0.39 is 0 Å². The Kier molecular flexibility index (Phi) is 5.98. The van der Waals surface area contributed by atoms with Crippen LogP contribution in [0.1, 0.15) is 21.5 Å². The number of halogens is 1. The number of amides is 2. The minimum absolute atomic E-state index is 0.278. The highest BCUT2D eigenvalue weighted by molar-refractivity contribution is 9.10. The van der Waals surface area contributed by atoms with Crippen LogP contribution < -0.4 is 10.2 Å². The first-order valence-electron chi connectivity index (χ1n) is 7.89. The van der Waals surface area contributed by atoms with Crippen LogP contribution in [0.3, 0.4) is 0 Å². The van der Waals surface area contributed by atoms with Gasteiger partial charge in [-0.1, -0.05) is 36.0 Å². The van der Waals surface area contributed by atoms with Crippen molar-refractivity contribution in [1.82, 2.24) is 10.4 Å². The van der Waals surface area contributed by atoms with E-state index in [1.807, 2.05) is 31.2 Å². The van der Waals surface area contributed by atoms with Crippen LogP contribution in [0, 0.1) is 6.92 Å². The second-order valence-corrected chi connectivity index (χ2v) is 8.20. The second kappa shape index (κ2) is 8.24. The van der Waals surface area contributed by atoms with Gasteiger partial charge < -0.3 is 4.74 Å². The van der Waals surface area contributed by atoms with E-state index in [1.165, 1.54) is 0 Å². The largest absolute Gasteiger partial charge is 0.496 e. The van der Waals surface area contributed by atoms with E-state index >= 15 is 0 Å². The molecule has 0 aliphatic carbocycles. The molecule has 2 aromatic rings. The van der Waals surface area contributed by atoms with Crippen LogP contribution in [-0.4, -0.2) is 28.3 Å². The molecule has 1 aliphatic heterocycles. The van der Waals surface area contributed by atoms with E-state index in [9.17, 15) is 9.59 Å². The van der Waals surface area contributed by atoms with Crippen molar-refractivity contribution < 1.29 is 14.3 Å². The van der Waals surface area contributed by atoms with E-state index in [-0.39, 0.29) is 16.1 Å². The van der Waals surface area contributed by atoms with Gasteiger partial charge in [-0.2, -0.15) is 5.01 Å². The average Bonchev–Trinajstić information content (AvgIpc) is 2.89. The summed E-state index contributed by atoms with van der Waals surface area (Å²) in [6.45, 7) is 1.83. The Morgan fingerprint density at radius 2 is 2.04 bits per heavy atom. The van der Waals surface area contributed by atoms with Gasteiger partial charge in [0.25, 0.3) is 11.8 Å². The summed E-state index contributed by atoms with van der Waals surface area (Å²) < 4.78 is 6.26. The standard InChI is InChI=1S/C19H15BrN2O3S2/c1-11-5-3-4-6-13(11)17(23)21-22-18(24)16(27-19(22)26)10-12-7-8-15(25-2)14(20)9-12/h3-10H,1-2H3,(H,21,23)/b16-10+. The number of carbonyl (C=O) groups is 2. The molecule has 3 rings (SSSR count). The number of thioether (sulfide) groups is 1. The van der Waals surface area contributed by atoms with Gasteiger partial charge >= 0.3 is 0 Å².